The Kier molecular flexibility index (Phi) is 7.67. The average molecular weight is 300 g/mol. The van der Waals surface area contributed by atoms with Gasteiger partial charge >= 0.3 is 0 Å². The van der Waals surface area contributed by atoms with Crippen molar-refractivity contribution in [1.29, 1.82) is 0 Å². The average Bonchev–Trinajstić information content (AvgIpc) is 2.61. The van der Waals surface area contributed by atoms with Gasteiger partial charge in [0.2, 0.25) is 11.8 Å². The molecular weight excluding hydrogens is 272 g/mol. The molecule has 0 aromatic carbocycles. The molecule has 122 valence electrons. The second-order valence-corrected chi connectivity index (χ2v) is 5.34. The summed E-state index contributed by atoms with van der Waals surface area (Å²) in [5.74, 6) is 0.00105. The number of ether oxygens (including phenoxy) is 2. The SMILES string of the molecule is CCC1(CC)NC(=O)CCN(CCCOCCOC)C1=O. The summed E-state index contributed by atoms with van der Waals surface area (Å²) in [6.07, 6.45) is 2.38. The molecule has 6 heteroatoms. The predicted octanol–water partition coefficient (Wildman–Crippen LogP) is 0.947. The maximum absolute atomic E-state index is 12.7. The van der Waals surface area contributed by atoms with Crippen LogP contribution in [0.15, 0.2) is 0 Å². The minimum absolute atomic E-state index is 0.0362. The van der Waals surface area contributed by atoms with Crippen molar-refractivity contribution in [3.63, 3.8) is 0 Å². The Bertz CT molecular complexity index is 343. The van der Waals surface area contributed by atoms with Crippen molar-refractivity contribution in [1.82, 2.24) is 10.2 Å². The van der Waals surface area contributed by atoms with Gasteiger partial charge in [-0.2, -0.15) is 0 Å². The molecule has 1 rings (SSSR count). The van der Waals surface area contributed by atoms with E-state index in [4.69, 9.17) is 9.47 Å². The lowest BCUT2D eigenvalue weighted by molar-refractivity contribution is -0.139. The van der Waals surface area contributed by atoms with Crippen LogP contribution >= 0.6 is 0 Å². The molecule has 0 radical (unpaired) electrons. The third kappa shape index (κ3) is 4.97. The smallest absolute Gasteiger partial charge is 0.248 e. The molecule has 1 saturated heterocycles. The molecule has 2 amide bonds. The predicted molar refractivity (Wildman–Crippen MR) is 80.0 cm³/mol. The Balaban J connectivity index is 2.52. The van der Waals surface area contributed by atoms with Gasteiger partial charge in [-0.3, -0.25) is 9.59 Å². The van der Waals surface area contributed by atoms with E-state index in [2.05, 4.69) is 5.32 Å². The molecular formula is C15H28N2O4. The Labute approximate surface area is 127 Å². The quantitative estimate of drug-likeness (QED) is 0.644. The highest BCUT2D eigenvalue weighted by Gasteiger charge is 2.41. The first-order chi connectivity index (χ1) is 10.1. The summed E-state index contributed by atoms with van der Waals surface area (Å²) in [5.41, 5.74) is -0.732. The fourth-order valence-corrected chi connectivity index (χ4v) is 2.57. The van der Waals surface area contributed by atoms with Crippen LogP contribution in [0.4, 0.5) is 0 Å². The van der Waals surface area contributed by atoms with E-state index in [1.807, 2.05) is 13.8 Å². The molecule has 0 spiro atoms. The van der Waals surface area contributed by atoms with E-state index in [-0.39, 0.29) is 11.8 Å². The Hall–Kier alpha value is -1.14. The zero-order chi connectivity index (χ0) is 15.7. The van der Waals surface area contributed by atoms with Crippen LogP contribution in [-0.2, 0) is 19.1 Å². The van der Waals surface area contributed by atoms with Crippen molar-refractivity contribution >= 4 is 11.8 Å². The van der Waals surface area contributed by atoms with E-state index < -0.39 is 5.54 Å². The number of rotatable bonds is 9. The van der Waals surface area contributed by atoms with E-state index in [1.54, 1.807) is 12.0 Å². The first-order valence-corrected chi connectivity index (χ1v) is 7.76. The van der Waals surface area contributed by atoms with Crippen LogP contribution in [0.1, 0.15) is 39.5 Å². The zero-order valence-corrected chi connectivity index (χ0v) is 13.4. The number of methoxy groups -OCH3 is 1. The second kappa shape index (κ2) is 9.00. The van der Waals surface area contributed by atoms with Crippen LogP contribution in [0.5, 0.6) is 0 Å². The van der Waals surface area contributed by atoms with Crippen molar-refractivity contribution in [2.75, 3.05) is 40.0 Å². The van der Waals surface area contributed by atoms with Gasteiger partial charge in [0.1, 0.15) is 5.54 Å². The van der Waals surface area contributed by atoms with Gasteiger partial charge in [0.05, 0.1) is 13.2 Å². The van der Waals surface area contributed by atoms with Crippen LogP contribution in [0.2, 0.25) is 0 Å². The maximum atomic E-state index is 12.7. The number of nitrogens with zero attached hydrogens (tertiary/aromatic N) is 1. The molecule has 0 atom stereocenters. The minimum Gasteiger partial charge on any atom is -0.382 e. The third-order valence-corrected chi connectivity index (χ3v) is 4.04. The fraction of sp³-hybridized carbons (Fsp3) is 0.867. The van der Waals surface area contributed by atoms with E-state index in [9.17, 15) is 9.59 Å². The van der Waals surface area contributed by atoms with E-state index in [0.717, 1.165) is 6.42 Å². The molecule has 21 heavy (non-hydrogen) atoms. The van der Waals surface area contributed by atoms with Gasteiger partial charge in [-0.25, -0.2) is 0 Å². The number of carbonyl (C=O) groups is 2. The van der Waals surface area contributed by atoms with E-state index in [0.29, 0.717) is 52.2 Å². The summed E-state index contributed by atoms with van der Waals surface area (Å²) in [6.45, 7) is 6.75. The van der Waals surface area contributed by atoms with Crippen LogP contribution < -0.4 is 5.32 Å². The Morgan fingerprint density at radius 1 is 1.19 bits per heavy atom. The Morgan fingerprint density at radius 2 is 1.90 bits per heavy atom. The van der Waals surface area contributed by atoms with Gasteiger partial charge < -0.3 is 19.7 Å². The molecule has 1 aliphatic heterocycles. The lowest BCUT2D eigenvalue weighted by Gasteiger charge is -2.33. The molecule has 0 aromatic heterocycles. The molecule has 0 aromatic rings. The van der Waals surface area contributed by atoms with Crippen molar-refractivity contribution < 1.29 is 19.1 Å². The van der Waals surface area contributed by atoms with Gasteiger partial charge in [-0.15, -0.1) is 0 Å². The highest BCUT2D eigenvalue weighted by molar-refractivity contribution is 5.93. The molecule has 1 N–H and O–H groups in total. The third-order valence-electron chi connectivity index (χ3n) is 4.04. The zero-order valence-electron chi connectivity index (χ0n) is 13.4. The molecule has 0 bridgehead atoms. The highest BCUT2D eigenvalue weighted by atomic mass is 16.5. The molecule has 1 fully saturated rings. The van der Waals surface area contributed by atoms with Crippen molar-refractivity contribution in [2.24, 2.45) is 0 Å². The highest BCUT2D eigenvalue weighted by Crippen LogP contribution is 2.22. The topological polar surface area (TPSA) is 67.9 Å². The van der Waals surface area contributed by atoms with Gasteiger partial charge in [-0.05, 0) is 19.3 Å². The summed E-state index contributed by atoms with van der Waals surface area (Å²) in [6, 6.07) is 0. The lowest BCUT2D eigenvalue weighted by atomic mass is 9.91. The fourth-order valence-electron chi connectivity index (χ4n) is 2.57. The Morgan fingerprint density at radius 3 is 2.52 bits per heavy atom. The number of hydrogen-bond acceptors (Lipinski definition) is 4. The molecule has 0 aliphatic carbocycles. The minimum atomic E-state index is -0.732. The molecule has 1 heterocycles. The van der Waals surface area contributed by atoms with Crippen LogP contribution in [0.3, 0.4) is 0 Å². The summed E-state index contributed by atoms with van der Waals surface area (Å²) in [4.78, 5) is 26.3. The molecule has 0 unspecified atom stereocenters. The normalized spacial score (nSPS) is 18.5. The number of hydrogen-bond donors (Lipinski definition) is 1. The monoisotopic (exact) mass is 300 g/mol. The maximum Gasteiger partial charge on any atom is 0.248 e. The van der Waals surface area contributed by atoms with Crippen LogP contribution in [0.25, 0.3) is 0 Å². The molecule has 1 aliphatic rings. The van der Waals surface area contributed by atoms with Gasteiger partial charge in [0.25, 0.3) is 0 Å². The summed E-state index contributed by atoms with van der Waals surface area (Å²) < 4.78 is 10.3. The lowest BCUT2D eigenvalue weighted by Crippen LogP contribution is -2.56. The number of amides is 2. The second-order valence-electron chi connectivity index (χ2n) is 5.34. The number of nitrogens with one attached hydrogen (secondary N) is 1. The first kappa shape index (κ1) is 17.9. The van der Waals surface area contributed by atoms with Gasteiger partial charge in [0.15, 0.2) is 0 Å². The van der Waals surface area contributed by atoms with Crippen molar-refractivity contribution in [3.05, 3.63) is 0 Å². The molecule has 6 nitrogen and oxygen atoms in total. The summed E-state index contributed by atoms with van der Waals surface area (Å²) in [7, 11) is 1.64. The van der Waals surface area contributed by atoms with Gasteiger partial charge in [-0.1, -0.05) is 13.8 Å². The van der Waals surface area contributed by atoms with Crippen molar-refractivity contribution in [2.45, 2.75) is 45.1 Å². The molecule has 0 saturated carbocycles. The number of carbonyl (C=O) groups excluding carboxylic acids is 2. The van der Waals surface area contributed by atoms with E-state index in [1.165, 1.54) is 0 Å². The van der Waals surface area contributed by atoms with E-state index >= 15 is 0 Å². The first-order valence-electron chi connectivity index (χ1n) is 7.76. The van der Waals surface area contributed by atoms with Crippen molar-refractivity contribution in [3.8, 4) is 0 Å². The van der Waals surface area contributed by atoms with Gasteiger partial charge in [0, 0.05) is 33.2 Å². The summed E-state index contributed by atoms with van der Waals surface area (Å²) >= 11 is 0. The van der Waals surface area contributed by atoms with Crippen LogP contribution in [-0.4, -0.2) is 62.3 Å². The van der Waals surface area contributed by atoms with Crippen LogP contribution in [0, 0.1) is 0 Å². The standard InChI is InChI=1S/C15H28N2O4/c1-4-15(5-2)14(19)17(9-7-13(18)16-15)8-6-10-21-12-11-20-3/h4-12H2,1-3H3,(H,16,18). The summed E-state index contributed by atoms with van der Waals surface area (Å²) in [5, 5.41) is 2.91. The largest absolute Gasteiger partial charge is 0.382 e.